The third-order valence-corrected chi connectivity index (χ3v) is 1.64. The Morgan fingerprint density at radius 1 is 1.50 bits per heavy atom. The number of hydrogen-bond acceptors (Lipinski definition) is 3. The molecule has 0 aromatic rings. The van der Waals surface area contributed by atoms with Crippen LogP contribution in [0.25, 0.3) is 0 Å². The first-order valence-corrected chi connectivity index (χ1v) is 5.02. The molecule has 3 heteroatoms. The molecule has 0 fully saturated rings. The minimum absolute atomic E-state index is 0.513. The standard InChI is InChI=1S/C11H22N2O/c1-6-11(7-8-13(4)5)12-14-9-10(2)3/h6,10H,1,7-9H2,2-5H3/b12-11-. The minimum atomic E-state index is 0.513. The van der Waals surface area contributed by atoms with Crippen molar-refractivity contribution in [3.8, 4) is 0 Å². The summed E-state index contributed by atoms with van der Waals surface area (Å²) in [6, 6.07) is 0. The van der Waals surface area contributed by atoms with E-state index in [2.05, 4.69) is 30.5 Å². The Labute approximate surface area is 87.4 Å². The lowest BCUT2D eigenvalue weighted by Gasteiger charge is -2.09. The summed E-state index contributed by atoms with van der Waals surface area (Å²) in [4.78, 5) is 7.29. The summed E-state index contributed by atoms with van der Waals surface area (Å²) < 4.78 is 0. The molecule has 0 saturated carbocycles. The normalized spacial score (nSPS) is 12.3. The van der Waals surface area contributed by atoms with Gasteiger partial charge in [-0.2, -0.15) is 0 Å². The molecular weight excluding hydrogens is 176 g/mol. The smallest absolute Gasteiger partial charge is 0.119 e. The van der Waals surface area contributed by atoms with E-state index in [1.807, 2.05) is 14.1 Å². The molecule has 0 aromatic carbocycles. The number of oxime groups is 1. The van der Waals surface area contributed by atoms with Crippen LogP contribution >= 0.6 is 0 Å². The Bertz CT molecular complexity index is 186. The fourth-order valence-corrected chi connectivity index (χ4v) is 0.792. The Hall–Kier alpha value is -0.830. The molecule has 0 saturated heterocycles. The molecule has 0 aliphatic heterocycles. The van der Waals surface area contributed by atoms with Crippen LogP contribution in [0.3, 0.4) is 0 Å². The van der Waals surface area contributed by atoms with Crippen LogP contribution in [0, 0.1) is 5.92 Å². The molecule has 0 amide bonds. The lowest BCUT2D eigenvalue weighted by molar-refractivity contribution is 0.118. The van der Waals surface area contributed by atoms with Crippen molar-refractivity contribution in [2.75, 3.05) is 27.2 Å². The number of rotatable bonds is 7. The number of allylic oxidation sites excluding steroid dienone is 1. The summed E-state index contributed by atoms with van der Waals surface area (Å²) in [6.07, 6.45) is 2.64. The van der Waals surface area contributed by atoms with Crippen molar-refractivity contribution >= 4 is 5.71 Å². The van der Waals surface area contributed by atoms with Crippen molar-refractivity contribution in [1.82, 2.24) is 4.90 Å². The van der Waals surface area contributed by atoms with Crippen molar-refractivity contribution in [3.05, 3.63) is 12.7 Å². The van der Waals surface area contributed by atoms with Gasteiger partial charge in [-0.25, -0.2) is 0 Å². The summed E-state index contributed by atoms with van der Waals surface area (Å²) in [5.74, 6) is 0.513. The van der Waals surface area contributed by atoms with Crippen molar-refractivity contribution in [2.24, 2.45) is 11.1 Å². The molecule has 82 valence electrons. The van der Waals surface area contributed by atoms with E-state index in [0.717, 1.165) is 18.7 Å². The Balaban J connectivity index is 3.81. The summed E-state index contributed by atoms with van der Waals surface area (Å²) in [6.45, 7) is 9.54. The maximum atomic E-state index is 5.18. The molecule has 0 heterocycles. The van der Waals surface area contributed by atoms with Crippen molar-refractivity contribution in [3.63, 3.8) is 0 Å². The first kappa shape index (κ1) is 13.2. The third kappa shape index (κ3) is 7.80. The van der Waals surface area contributed by atoms with Gasteiger partial charge in [-0.05, 0) is 26.1 Å². The van der Waals surface area contributed by atoms with Gasteiger partial charge >= 0.3 is 0 Å². The average Bonchev–Trinajstić information content (AvgIpc) is 2.10. The molecule has 0 radical (unpaired) electrons. The van der Waals surface area contributed by atoms with Crippen LogP contribution < -0.4 is 0 Å². The van der Waals surface area contributed by atoms with E-state index in [0.29, 0.717) is 12.5 Å². The van der Waals surface area contributed by atoms with Gasteiger partial charge in [0.05, 0.1) is 5.71 Å². The summed E-state index contributed by atoms with van der Waals surface area (Å²) in [5.41, 5.74) is 0.916. The number of hydrogen-bond donors (Lipinski definition) is 0. The van der Waals surface area contributed by atoms with E-state index >= 15 is 0 Å². The fourth-order valence-electron chi connectivity index (χ4n) is 0.792. The lowest BCUT2D eigenvalue weighted by Crippen LogP contribution is -2.16. The highest BCUT2D eigenvalue weighted by Gasteiger charge is 1.97. The monoisotopic (exact) mass is 198 g/mol. The summed E-state index contributed by atoms with van der Waals surface area (Å²) in [7, 11) is 4.07. The molecule has 0 N–H and O–H groups in total. The van der Waals surface area contributed by atoms with E-state index in [1.54, 1.807) is 6.08 Å². The Morgan fingerprint density at radius 2 is 2.14 bits per heavy atom. The summed E-state index contributed by atoms with van der Waals surface area (Å²) in [5, 5.41) is 4.03. The van der Waals surface area contributed by atoms with Gasteiger partial charge in [-0.3, -0.25) is 0 Å². The minimum Gasteiger partial charge on any atom is -0.395 e. The molecule has 14 heavy (non-hydrogen) atoms. The topological polar surface area (TPSA) is 24.8 Å². The summed E-state index contributed by atoms with van der Waals surface area (Å²) >= 11 is 0. The number of nitrogens with zero attached hydrogens (tertiary/aromatic N) is 2. The van der Waals surface area contributed by atoms with Crippen LogP contribution in [0.4, 0.5) is 0 Å². The molecule has 0 aliphatic rings. The zero-order chi connectivity index (χ0) is 11.0. The maximum absolute atomic E-state index is 5.18. The molecule has 0 rings (SSSR count). The van der Waals surface area contributed by atoms with Gasteiger partial charge in [-0.1, -0.05) is 25.6 Å². The highest BCUT2D eigenvalue weighted by Crippen LogP contribution is 1.96. The molecule has 0 bridgehead atoms. The largest absolute Gasteiger partial charge is 0.395 e. The highest BCUT2D eigenvalue weighted by atomic mass is 16.6. The first-order chi connectivity index (χ1) is 6.56. The van der Waals surface area contributed by atoms with Crippen LogP contribution in [0.2, 0.25) is 0 Å². The predicted molar refractivity (Wildman–Crippen MR) is 61.6 cm³/mol. The van der Waals surface area contributed by atoms with Gasteiger partial charge in [-0.15, -0.1) is 0 Å². The van der Waals surface area contributed by atoms with Gasteiger partial charge in [0.2, 0.25) is 0 Å². The second-order valence-electron chi connectivity index (χ2n) is 4.03. The maximum Gasteiger partial charge on any atom is 0.119 e. The van der Waals surface area contributed by atoms with E-state index < -0.39 is 0 Å². The van der Waals surface area contributed by atoms with E-state index in [-0.39, 0.29) is 0 Å². The fraction of sp³-hybridized carbons (Fsp3) is 0.727. The highest BCUT2D eigenvalue weighted by molar-refractivity contribution is 5.94. The van der Waals surface area contributed by atoms with Gasteiger partial charge in [0.1, 0.15) is 6.61 Å². The SMILES string of the molecule is C=C/C(CCN(C)C)=N/OCC(C)C. The third-order valence-electron chi connectivity index (χ3n) is 1.64. The zero-order valence-corrected chi connectivity index (χ0v) is 9.79. The van der Waals surface area contributed by atoms with E-state index in [4.69, 9.17) is 4.84 Å². The molecule has 0 spiro atoms. The predicted octanol–water partition coefficient (Wildman–Crippen LogP) is 2.15. The second kappa shape index (κ2) is 7.56. The van der Waals surface area contributed by atoms with Crippen LogP contribution in [0.1, 0.15) is 20.3 Å². The van der Waals surface area contributed by atoms with Crippen LogP contribution in [-0.4, -0.2) is 37.9 Å². The Morgan fingerprint density at radius 3 is 2.57 bits per heavy atom. The van der Waals surface area contributed by atoms with Crippen molar-refractivity contribution < 1.29 is 4.84 Å². The van der Waals surface area contributed by atoms with Crippen LogP contribution in [-0.2, 0) is 4.84 Å². The average molecular weight is 198 g/mol. The van der Waals surface area contributed by atoms with Gasteiger partial charge in [0, 0.05) is 13.0 Å². The van der Waals surface area contributed by atoms with E-state index in [1.165, 1.54) is 0 Å². The van der Waals surface area contributed by atoms with Crippen molar-refractivity contribution in [1.29, 1.82) is 0 Å². The van der Waals surface area contributed by atoms with Crippen LogP contribution in [0.15, 0.2) is 17.8 Å². The molecule has 0 atom stereocenters. The Kier molecular flexibility index (Phi) is 7.11. The lowest BCUT2D eigenvalue weighted by atomic mass is 10.2. The van der Waals surface area contributed by atoms with Gasteiger partial charge in [0.25, 0.3) is 0 Å². The molecular formula is C11H22N2O. The molecule has 0 aromatic heterocycles. The quantitative estimate of drug-likeness (QED) is 0.462. The molecule has 0 unspecified atom stereocenters. The van der Waals surface area contributed by atoms with E-state index in [9.17, 15) is 0 Å². The second-order valence-corrected chi connectivity index (χ2v) is 4.03. The molecule has 3 nitrogen and oxygen atoms in total. The first-order valence-electron chi connectivity index (χ1n) is 5.02. The zero-order valence-electron chi connectivity index (χ0n) is 9.79. The van der Waals surface area contributed by atoms with Gasteiger partial charge in [0.15, 0.2) is 0 Å². The van der Waals surface area contributed by atoms with Gasteiger partial charge < -0.3 is 9.74 Å². The molecule has 0 aliphatic carbocycles. The van der Waals surface area contributed by atoms with Crippen LogP contribution in [0.5, 0.6) is 0 Å². The van der Waals surface area contributed by atoms with Crippen molar-refractivity contribution in [2.45, 2.75) is 20.3 Å².